The molecule has 2 aromatic rings. The highest BCUT2D eigenvalue weighted by Gasteiger charge is 2.30. The van der Waals surface area contributed by atoms with Gasteiger partial charge < -0.3 is 5.32 Å². The van der Waals surface area contributed by atoms with Gasteiger partial charge in [-0.25, -0.2) is 0 Å². The van der Waals surface area contributed by atoms with Gasteiger partial charge in [0.25, 0.3) is 0 Å². The van der Waals surface area contributed by atoms with Crippen molar-refractivity contribution in [1.29, 1.82) is 0 Å². The summed E-state index contributed by atoms with van der Waals surface area (Å²) in [5, 5.41) is 7.39. The lowest BCUT2D eigenvalue weighted by molar-refractivity contribution is -0.137. The van der Waals surface area contributed by atoms with Gasteiger partial charge in [-0.05, 0) is 31.2 Å². The number of aromatic nitrogens is 2. The molecule has 0 aliphatic heterocycles. The van der Waals surface area contributed by atoms with E-state index in [1.165, 1.54) is 6.07 Å². The highest BCUT2D eigenvalue weighted by molar-refractivity contribution is 5.26. The van der Waals surface area contributed by atoms with Crippen LogP contribution in [0.4, 0.5) is 13.2 Å². The molecule has 0 saturated carbocycles. The molecule has 1 N–H and O–H groups in total. The molecule has 1 atom stereocenters. The van der Waals surface area contributed by atoms with Crippen molar-refractivity contribution in [2.24, 2.45) is 0 Å². The number of nitrogens with one attached hydrogen (secondary N) is 1. The van der Waals surface area contributed by atoms with E-state index in [9.17, 15) is 13.2 Å². The van der Waals surface area contributed by atoms with E-state index >= 15 is 0 Å². The first kappa shape index (κ1) is 15.6. The average Bonchev–Trinajstić information content (AvgIpc) is 2.88. The van der Waals surface area contributed by atoms with Gasteiger partial charge in [0.2, 0.25) is 0 Å². The Morgan fingerprint density at radius 2 is 2.10 bits per heavy atom. The molecular weight excluding hydrogens is 279 g/mol. The third-order valence-corrected chi connectivity index (χ3v) is 3.41. The lowest BCUT2D eigenvalue weighted by Crippen LogP contribution is -2.14. The largest absolute Gasteiger partial charge is 0.416 e. The lowest BCUT2D eigenvalue weighted by atomic mass is 10.1. The van der Waals surface area contributed by atoms with Gasteiger partial charge in [-0.3, -0.25) is 4.68 Å². The summed E-state index contributed by atoms with van der Waals surface area (Å²) in [6.07, 6.45) is 0.222. The van der Waals surface area contributed by atoms with Gasteiger partial charge in [0, 0.05) is 17.8 Å². The summed E-state index contributed by atoms with van der Waals surface area (Å²) in [5.41, 5.74) is 0.984. The Morgan fingerprint density at radius 1 is 1.33 bits per heavy atom. The molecule has 0 saturated heterocycles. The molecular formula is C15H18F3N3. The zero-order chi connectivity index (χ0) is 15.5. The maximum Gasteiger partial charge on any atom is 0.416 e. The van der Waals surface area contributed by atoms with Crippen LogP contribution >= 0.6 is 0 Å². The Balaban J connectivity index is 2.15. The molecule has 3 nitrogen and oxygen atoms in total. The number of nitrogens with zero attached hydrogens (tertiary/aromatic N) is 2. The zero-order valence-electron chi connectivity index (χ0n) is 12.0. The third-order valence-electron chi connectivity index (χ3n) is 3.41. The van der Waals surface area contributed by atoms with E-state index in [4.69, 9.17) is 0 Å². The molecule has 2 rings (SSSR count). The van der Waals surface area contributed by atoms with Crippen molar-refractivity contribution in [2.75, 3.05) is 7.05 Å². The fraction of sp³-hybridized carbons (Fsp3) is 0.400. The third kappa shape index (κ3) is 3.85. The quantitative estimate of drug-likeness (QED) is 0.913. The standard InChI is InChI=1S/C15H18F3N3/c1-3-14(19-2)12-8-20-21(10-12)9-11-5-4-6-13(7-11)15(16,17)18/h4-8,10,14,19H,3,9H2,1-2H3. The van der Waals surface area contributed by atoms with Gasteiger partial charge in [-0.2, -0.15) is 18.3 Å². The van der Waals surface area contributed by atoms with Crippen LogP contribution in [0.25, 0.3) is 0 Å². The molecule has 21 heavy (non-hydrogen) atoms. The second-order valence-electron chi connectivity index (χ2n) is 4.92. The Bertz CT molecular complexity index is 586. The van der Waals surface area contributed by atoms with Crippen LogP contribution in [-0.4, -0.2) is 16.8 Å². The van der Waals surface area contributed by atoms with Crippen molar-refractivity contribution in [3.8, 4) is 0 Å². The number of rotatable bonds is 5. The van der Waals surface area contributed by atoms with Crippen molar-refractivity contribution in [3.05, 3.63) is 53.3 Å². The summed E-state index contributed by atoms with van der Waals surface area (Å²) in [6.45, 7) is 2.38. The SMILES string of the molecule is CCC(NC)c1cnn(Cc2cccc(C(F)(F)F)c2)c1. The first-order chi connectivity index (χ1) is 9.94. The fourth-order valence-corrected chi connectivity index (χ4v) is 2.29. The maximum atomic E-state index is 12.7. The second-order valence-corrected chi connectivity index (χ2v) is 4.92. The molecule has 0 fully saturated rings. The molecule has 0 bridgehead atoms. The van der Waals surface area contributed by atoms with Gasteiger partial charge in [-0.1, -0.05) is 19.1 Å². The number of hydrogen-bond acceptors (Lipinski definition) is 2. The lowest BCUT2D eigenvalue weighted by Gasteiger charge is -2.11. The summed E-state index contributed by atoms with van der Waals surface area (Å²) < 4.78 is 39.7. The Kier molecular flexibility index (Phi) is 4.67. The van der Waals surface area contributed by atoms with E-state index in [1.54, 1.807) is 16.9 Å². The van der Waals surface area contributed by atoms with Crippen LogP contribution in [-0.2, 0) is 12.7 Å². The summed E-state index contributed by atoms with van der Waals surface area (Å²) in [5.74, 6) is 0. The van der Waals surface area contributed by atoms with Crippen molar-refractivity contribution < 1.29 is 13.2 Å². The van der Waals surface area contributed by atoms with E-state index in [0.717, 1.165) is 24.1 Å². The number of benzene rings is 1. The van der Waals surface area contributed by atoms with Crippen LogP contribution in [0.15, 0.2) is 36.7 Å². The molecule has 114 valence electrons. The Hall–Kier alpha value is -1.82. The predicted octanol–water partition coefficient (Wildman–Crippen LogP) is 3.62. The van der Waals surface area contributed by atoms with Crippen LogP contribution < -0.4 is 5.32 Å². The van der Waals surface area contributed by atoms with Crippen molar-refractivity contribution in [1.82, 2.24) is 15.1 Å². The fourth-order valence-electron chi connectivity index (χ4n) is 2.29. The first-order valence-corrected chi connectivity index (χ1v) is 6.79. The van der Waals surface area contributed by atoms with Crippen LogP contribution in [0.1, 0.15) is 36.1 Å². The molecule has 0 radical (unpaired) electrons. The van der Waals surface area contributed by atoms with E-state index in [0.29, 0.717) is 12.1 Å². The van der Waals surface area contributed by atoms with Crippen molar-refractivity contribution in [2.45, 2.75) is 32.1 Å². The van der Waals surface area contributed by atoms with Crippen LogP contribution in [0, 0.1) is 0 Å². The minimum Gasteiger partial charge on any atom is -0.313 e. The summed E-state index contributed by atoms with van der Waals surface area (Å²) in [7, 11) is 1.87. The summed E-state index contributed by atoms with van der Waals surface area (Å²) >= 11 is 0. The monoisotopic (exact) mass is 297 g/mol. The van der Waals surface area contributed by atoms with E-state index in [-0.39, 0.29) is 6.04 Å². The highest BCUT2D eigenvalue weighted by atomic mass is 19.4. The number of hydrogen-bond donors (Lipinski definition) is 1. The second kappa shape index (κ2) is 6.30. The van der Waals surface area contributed by atoms with E-state index in [2.05, 4.69) is 17.3 Å². The molecule has 0 spiro atoms. The van der Waals surface area contributed by atoms with Gasteiger partial charge in [-0.15, -0.1) is 0 Å². The maximum absolute atomic E-state index is 12.7. The van der Waals surface area contributed by atoms with E-state index in [1.807, 2.05) is 13.2 Å². The predicted molar refractivity (Wildman–Crippen MR) is 74.9 cm³/mol. The molecule has 1 heterocycles. The van der Waals surface area contributed by atoms with Gasteiger partial charge in [0.05, 0.1) is 18.3 Å². The van der Waals surface area contributed by atoms with Crippen LogP contribution in [0.3, 0.4) is 0 Å². The van der Waals surface area contributed by atoms with Gasteiger partial charge in [0.1, 0.15) is 0 Å². The Labute approximate surface area is 121 Å². The van der Waals surface area contributed by atoms with Crippen LogP contribution in [0.2, 0.25) is 0 Å². The van der Waals surface area contributed by atoms with Gasteiger partial charge >= 0.3 is 6.18 Å². The highest BCUT2D eigenvalue weighted by Crippen LogP contribution is 2.29. The van der Waals surface area contributed by atoms with Crippen molar-refractivity contribution in [3.63, 3.8) is 0 Å². The molecule has 1 aromatic heterocycles. The zero-order valence-corrected chi connectivity index (χ0v) is 12.0. The molecule has 1 aromatic carbocycles. The minimum absolute atomic E-state index is 0.209. The smallest absolute Gasteiger partial charge is 0.313 e. The molecule has 6 heteroatoms. The van der Waals surface area contributed by atoms with Gasteiger partial charge in [0.15, 0.2) is 0 Å². The summed E-state index contributed by atoms with van der Waals surface area (Å²) in [6, 6.07) is 5.54. The minimum atomic E-state index is -4.31. The van der Waals surface area contributed by atoms with Crippen LogP contribution in [0.5, 0.6) is 0 Å². The summed E-state index contributed by atoms with van der Waals surface area (Å²) in [4.78, 5) is 0. The molecule has 1 unspecified atom stereocenters. The van der Waals surface area contributed by atoms with Crippen molar-refractivity contribution >= 4 is 0 Å². The molecule has 0 amide bonds. The topological polar surface area (TPSA) is 29.9 Å². The Morgan fingerprint density at radius 3 is 2.71 bits per heavy atom. The number of alkyl halides is 3. The molecule has 0 aliphatic rings. The first-order valence-electron chi connectivity index (χ1n) is 6.79. The number of halogens is 3. The average molecular weight is 297 g/mol. The normalized spacial score (nSPS) is 13.4. The van der Waals surface area contributed by atoms with E-state index < -0.39 is 11.7 Å². The molecule has 0 aliphatic carbocycles.